The van der Waals surface area contributed by atoms with E-state index < -0.39 is 0 Å². The van der Waals surface area contributed by atoms with Crippen LogP contribution in [0.3, 0.4) is 0 Å². The second-order valence-corrected chi connectivity index (χ2v) is 5.80. The Morgan fingerprint density at radius 3 is 2.73 bits per heavy atom. The lowest BCUT2D eigenvalue weighted by atomic mass is 10.3. The lowest BCUT2D eigenvalue weighted by Crippen LogP contribution is -2.22. The molecule has 0 aliphatic carbocycles. The minimum atomic E-state index is 0.377. The number of oxazole rings is 1. The Morgan fingerprint density at radius 1 is 1.08 bits per heavy atom. The molecule has 26 heavy (non-hydrogen) atoms. The molecule has 2 aromatic heterocycles. The number of pyridine rings is 1. The van der Waals surface area contributed by atoms with Gasteiger partial charge in [0.1, 0.15) is 23.6 Å². The van der Waals surface area contributed by atoms with E-state index >= 15 is 0 Å². The van der Waals surface area contributed by atoms with Gasteiger partial charge in [-0.2, -0.15) is 4.98 Å². The Labute approximate surface area is 152 Å². The molecule has 1 aromatic carbocycles. The van der Waals surface area contributed by atoms with Crippen LogP contribution in [-0.4, -0.2) is 36.7 Å². The van der Waals surface area contributed by atoms with Crippen molar-refractivity contribution in [3.05, 3.63) is 42.2 Å². The zero-order valence-electron chi connectivity index (χ0n) is 15.1. The quantitative estimate of drug-likeness (QED) is 0.540. The highest BCUT2D eigenvalue weighted by Crippen LogP contribution is 2.24. The molecule has 0 bridgehead atoms. The van der Waals surface area contributed by atoms with Crippen LogP contribution in [-0.2, 0) is 6.61 Å². The molecule has 2 N–H and O–H groups in total. The number of benzene rings is 1. The van der Waals surface area contributed by atoms with Crippen molar-refractivity contribution in [1.29, 1.82) is 0 Å². The van der Waals surface area contributed by atoms with E-state index in [1.165, 1.54) is 0 Å². The maximum atomic E-state index is 5.79. The number of nitrogens with one attached hydrogen (secondary N) is 2. The monoisotopic (exact) mass is 356 g/mol. The molecule has 138 valence electrons. The smallest absolute Gasteiger partial charge is 0.295 e. The maximum absolute atomic E-state index is 5.79. The predicted molar refractivity (Wildman–Crippen MR) is 101 cm³/mol. The molecule has 0 spiro atoms. The Kier molecular flexibility index (Phi) is 6.27. The zero-order valence-corrected chi connectivity index (χ0v) is 15.1. The maximum Gasteiger partial charge on any atom is 0.295 e. The highest BCUT2D eigenvalue weighted by Gasteiger charge is 2.07. The number of methoxy groups -OCH3 is 1. The molecule has 0 fully saturated rings. The predicted octanol–water partition coefficient (Wildman–Crippen LogP) is 3.22. The fraction of sp³-hybridized carbons (Fsp3) is 0.368. The number of hydrogen-bond acceptors (Lipinski definition) is 7. The number of anilines is 1. The molecule has 0 aliphatic heterocycles. The average Bonchev–Trinajstić information content (AvgIpc) is 3.08. The summed E-state index contributed by atoms with van der Waals surface area (Å²) in [5.41, 5.74) is 2.31. The first kappa shape index (κ1) is 18.0. The lowest BCUT2D eigenvalue weighted by Gasteiger charge is -2.06. The number of rotatable bonds is 10. The van der Waals surface area contributed by atoms with Gasteiger partial charge in [0.05, 0.1) is 19.0 Å². The van der Waals surface area contributed by atoms with Gasteiger partial charge in [0.15, 0.2) is 5.58 Å². The third kappa shape index (κ3) is 4.86. The molecule has 0 amide bonds. The minimum absolute atomic E-state index is 0.377. The first-order valence-corrected chi connectivity index (χ1v) is 8.75. The summed E-state index contributed by atoms with van der Waals surface area (Å²) in [6.45, 7) is 5.17. The number of hydrogen-bond donors (Lipinski definition) is 2. The molecule has 3 rings (SSSR count). The van der Waals surface area contributed by atoms with E-state index in [0.717, 1.165) is 54.3 Å². The van der Waals surface area contributed by atoms with Gasteiger partial charge in [-0.3, -0.25) is 4.98 Å². The molecule has 0 saturated heterocycles. The van der Waals surface area contributed by atoms with E-state index in [9.17, 15) is 0 Å². The Hall–Kier alpha value is -2.80. The summed E-state index contributed by atoms with van der Waals surface area (Å²) in [5, 5.41) is 6.50. The summed E-state index contributed by atoms with van der Waals surface area (Å²) in [4.78, 5) is 8.74. The zero-order chi connectivity index (χ0) is 18.2. The largest absolute Gasteiger partial charge is 0.495 e. The normalized spacial score (nSPS) is 10.8. The van der Waals surface area contributed by atoms with Crippen LogP contribution in [0.4, 0.5) is 6.01 Å². The van der Waals surface area contributed by atoms with Crippen molar-refractivity contribution in [3.8, 4) is 11.5 Å². The Balaban J connectivity index is 1.56. The van der Waals surface area contributed by atoms with Crippen molar-refractivity contribution in [3.63, 3.8) is 0 Å². The topological polar surface area (TPSA) is 81.4 Å². The van der Waals surface area contributed by atoms with Crippen LogP contribution < -0.4 is 20.1 Å². The molecular weight excluding hydrogens is 332 g/mol. The molecule has 0 radical (unpaired) electrons. The SMILES string of the molecule is CCCNCCNc1nc2cc(OCc3ccc(OC)cn3)ccc2o1. The molecule has 7 heteroatoms. The van der Waals surface area contributed by atoms with Crippen LogP contribution in [0.25, 0.3) is 11.1 Å². The molecule has 0 saturated carbocycles. The van der Waals surface area contributed by atoms with Crippen molar-refractivity contribution in [2.24, 2.45) is 0 Å². The first-order valence-electron chi connectivity index (χ1n) is 8.75. The Morgan fingerprint density at radius 2 is 1.96 bits per heavy atom. The number of nitrogens with zero attached hydrogens (tertiary/aromatic N) is 2. The van der Waals surface area contributed by atoms with Gasteiger partial charge in [0.25, 0.3) is 6.01 Å². The molecule has 7 nitrogen and oxygen atoms in total. The summed E-state index contributed by atoms with van der Waals surface area (Å²) >= 11 is 0. The van der Waals surface area contributed by atoms with Crippen LogP contribution in [0.15, 0.2) is 40.9 Å². The van der Waals surface area contributed by atoms with E-state index in [0.29, 0.717) is 12.6 Å². The molecule has 2 heterocycles. The van der Waals surface area contributed by atoms with Crippen molar-refractivity contribution in [2.45, 2.75) is 20.0 Å². The Bertz CT molecular complexity index is 817. The van der Waals surface area contributed by atoms with Gasteiger partial charge in [-0.1, -0.05) is 6.92 Å². The summed E-state index contributed by atoms with van der Waals surface area (Å²) in [7, 11) is 1.62. The molecule has 0 unspecified atom stereocenters. The standard InChI is InChI=1S/C19H24N4O3/c1-3-8-20-9-10-21-19-23-17-11-15(6-7-18(17)26-19)25-13-14-4-5-16(24-2)12-22-14/h4-7,11-12,20H,3,8-10,13H2,1-2H3,(H,21,23). The van der Waals surface area contributed by atoms with E-state index in [2.05, 4.69) is 27.5 Å². The summed E-state index contributed by atoms with van der Waals surface area (Å²) in [6, 6.07) is 9.85. The first-order chi connectivity index (χ1) is 12.8. The third-order valence-electron chi connectivity index (χ3n) is 3.78. The van der Waals surface area contributed by atoms with Gasteiger partial charge in [-0.15, -0.1) is 0 Å². The minimum Gasteiger partial charge on any atom is -0.495 e. The van der Waals surface area contributed by atoms with Crippen LogP contribution in [0.5, 0.6) is 11.5 Å². The van der Waals surface area contributed by atoms with Gasteiger partial charge in [0.2, 0.25) is 0 Å². The summed E-state index contributed by atoms with van der Waals surface area (Å²) < 4.78 is 16.6. The molecular formula is C19H24N4O3. The second-order valence-electron chi connectivity index (χ2n) is 5.80. The van der Waals surface area contributed by atoms with Crippen molar-refractivity contribution >= 4 is 17.1 Å². The number of aromatic nitrogens is 2. The second kappa shape index (κ2) is 9.05. The molecule has 0 aliphatic rings. The van der Waals surface area contributed by atoms with Crippen LogP contribution in [0.1, 0.15) is 19.0 Å². The van der Waals surface area contributed by atoms with Crippen LogP contribution in [0.2, 0.25) is 0 Å². The van der Waals surface area contributed by atoms with Crippen LogP contribution in [0, 0.1) is 0 Å². The third-order valence-corrected chi connectivity index (χ3v) is 3.78. The number of fused-ring (bicyclic) bond motifs is 1. The number of ether oxygens (including phenoxy) is 2. The van der Waals surface area contributed by atoms with Crippen molar-refractivity contribution < 1.29 is 13.9 Å². The summed E-state index contributed by atoms with van der Waals surface area (Å²) in [5.74, 6) is 1.45. The molecule has 3 aromatic rings. The van der Waals surface area contributed by atoms with E-state index in [1.807, 2.05) is 30.3 Å². The van der Waals surface area contributed by atoms with Gasteiger partial charge in [-0.05, 0) is 37.2 Å². The van der Waals surface area contributed by atoms with E-state index in [4.69, 9.17) is 13.9 Å². The van der Waals surface area contributed by atoms with Gasteiger partial charge < -0.3 is 24.5 Å². The van der Waals surface area contributed by atoms with Crippen LogP contribution >= 0.6 is 0 Å². The fourth-order valence-corrected chi connectivity index (χ4v) is 2.41. The molecule has 0 atom stereocenters. The van der Waals surface area contributed by atoms with Gasteiger partial charge >= 0.3 is 0 Å². The van der Waals surface area contributed by atoms with Gasteiger partial charge in [0, 0.05) is 19.2 Å². The highest BCUT2D eigenvalue weighted by molar-refractivity contribution is 5.76. The lowest BCUT2D eigenvalue weighted by molar-refractivity contribution is 0.301. The van der Waals surface area contributed by atoms with Crippen molar-refractivity contribution in [2.75, 3.05) is 32.1 Å². The average molecular weight is 356 g/mol. The van der Waals surface area contributed by atoms with E-state index in [-0.39, 0.29) is 0 Å². The van der Waals surface area contributed by atoms with E-state index in [1.54, 1.807) is 13.3 Å². The summed E-state index contributed by atoms with van der Waals surface area (Å²) in [6.07, 6.45) is 2.80. The van der Waals surface area contributed by atoms with Crippen molar-refractivity contribution in [1.82, 2.24) is 15.3 Å². The fourth-order valence-electron chi connectivity index (χ4n) is 2.41. The van der Waals surface area contributed by atoms with Gasteiger partial charge in [-0.25, -0.2) is 0 Å². The highest BCUT2D eigenvalue weighted by atomic mass is 16.5.